The summed E-state index contributed by atoms with van der Waals surface area (Å²) in [6, 6.07) is 4.96. The molecule has 0 nitrogen and oxygen atoms in total. The van der Waals surface area contributed by atoms with Gasteiger partial charge >= 0.3 is 0 Å². The highest BCUT2D eigenvalue weighted by Gasteiger charge is 2.15. The van der Waals surface area contributed by atoms with E-state index < -0.39 is 0 Å². The Kier molecular flexibility index (Phi) is 4.09. The Bertz CT molecular complexity index is 334. The summed E-state index contributed by atoms with van der Waals surface area (Å²) < 4.78 is 13.7. The van der Waals surface area contributed by atoms with Crippen LogP contribution in [-0.2, 0) is 5.75 Å². The zero-order valence-electron chi connectivity index (χ0n) is 8.51. The molecule has 1 aliphatic rings. The molecule has 3 heteroatoms. The van der Waals surface area contributed by atoms with Gasteiger partial charge < -0.3 is 0 Å². The second-order valence-corrected chi connectivity index (χ2v) is 6.10. The van der Waals surface area contributed by atoms with Crippen molar-refractivity contribution >= 4 is 27.7 Å². The molecule has 1 aliphatic carbocycles. The summed E-state index contributed by atoms with van der Waals surface area (Å²) in [5, 5.41) is 0.821. The van der Waals surface area contributed by atoms with Crippen molar-refractivity contribution in [3.05, 3.63) is 34.1 Å². The fraction of sp³-hybridized carbons (Fsp3) is 0.500. The monoisotopic (exact) mass is 288 g/mol. The summed E-state index contributed by atoms with van der Waals surface area (Å²) in [7, 11) is 0. The van der Waals surface area contributed by atoms with Gasteiger partial charge in [-0.1, -0.05) is 34.8 Å². The van der Waals surface area contributed by atoms with Gasteiger partial charge in [-0.2, -0.15) is 11.8 Å². The molecule has 0 saturated heterocycles. The highest BCUT2D eigenvalue weighted by atomic mass is 79.9. The molecule has 82 valence electrons. The lowest BCUT2D eigenvalue weighted by molar-refractivity contribution is 0.626. The Morgan fingerprint density at radius 2 is 2.07 bits per heavy atom. The number of thioether (sulfide) groups is 1. The predicted octanol–water partition coefficient (Wildman–Crippen LogP) is 4.76. The van der Waals surface area contributed by atoms with Crippen molar-refractivity contribution in [3.8, 4) is 0 Å². The minimum Gasteiger partial charge on any atom is -0.207 e. The van der Waals surface area contributed by atoms with Crippen molar-refractivity contribution in [1.29, 1.82) is 0 Å². The number of benzene rings is 1. The van der Waals surface area contributed by atoms with Gasteiger partial charge in [0, 0.05) is 15.5 Å². The van der Waals surface area contributed by atoms with Crippen molar-refractivity contribution in [3.63, 3.8) is 0 Å². The number of halogens is 2. The van der Waals surface area contributed by atoms with Crippen molar-refractivity contribution in [2.75, 3.05) is 0 Å². The van der Waals surface area contributed by atoms with E-state index in [1.54, 1.807) is 6.07 Å². The first kappa shape index (κ1) is 11.5. The number of hydrogen-bond donors (Lipinski definition) is 0. The largest absolute Gasteiger partial charge is 0.207 e. The van der Waals surface area contributed by atoms with Crippen LogP contribution in [0.3, 0.4) is 0 Å². The van der Waals surface area contributed by atoms with Crippen LogP contribution in [0, 0.1) is 5.82 Å². The molecule has 0 unspecified atom stereocenters. The Hall–Kier alpha value is -0.0200. The summed E-state index contributed by atoms with van der Waals surface area (Å²) in [5.41, 5.74) is 1.20. The molecule has 1 fully saturated rings. The molecule has 0 bridgehead atoms. The Morgan fingerprint density at radius 3 is 2.73 bits per heavy atom. The van der Waals surface area contributed by atoms with Gasteiger partial charge in [-0.25, -0.2) is 4.39 Å². The first-order valence-electron chi connectivity index (χ1n) is 5.31. The van der Waals surface area contributed by atoms with Crippen LogP contribution >= 0.6 is 27.7 Å². The fourth-order valence-electron chi connectivity index (χ4n) is 1.90. The van der Waals surface area contributed by atoms with E-state index in [4.69, 9.17) is 0 Å². The molecular weight excluding hydrogens is 275 g/mol. The van der Waals surface area contributed by atoms with Crippen LogP contribution in [0.1, 0.15) is 31.2 Å². The van der Waals surface area contributed by atoms with E-state index in [0.717, 1.165) is 15.5 Å². The standard InChI is InChI=1S/C12H14BrFS/c13-12-7-10(14)6-5-9(12)8-15-11-3-1-2-4-11/h5-7,11H,1-4,8H2. The molecule has 0 aromatic heterocycles. The van der Waals surface area contributed by atoms with Gasteiger partial charge in [-0.3, -0.25) is 0 Å². The van der Waals surface area contributed by atoms with Gasteiger partial charge in [0.2, 0.25) is 0 Å². The third-order valence-corrected chi connectivity index (χ3v) is 4.95. The van der Waals surface area contributed by atoms with E-state index in [0.29, 0.717) is 0 Å². The Labute approximate surface area is 103 Å². The van der Waals surface area contributed by atoms with Crippen LogP contribution in [-0.4, -0.2) is 5.25 Å². The van der Waals surface area contributed by atoms with Crippen LogP contribution < -0.4 is 0 Å². The third kappa shape index (κ3) is 3.22. The lowest BCUT2D eigenvalue weighted by Gasteiger charge is -2.09. The van der Waals surface area contributed by atoms with Crippen molar-refractivity contribution in [2.45, 2.75) is 36.7 Å². The van der Waals surface area contributed by atoms with Gasteiger partial charge in [-0.15, -0.1) is 0 Å². The average molecular weight is 289 g/mol. The van der Waals surface area contributed by atoms with E-state index in [-0.39, 0.29) is 5.82 Å². The van der Waals surface area contributed by atoms with E-state index in [2.05, 4.69) is 15.9 Å². The van der Waals surface area contributed by atoms with Crippen LogP contribution in [0.4, 0.5) is 4.39 Å². The minimum atomic E-state index is -0.170. The minimum absolute atomic E-state index is 0.170. The molecule has 1 aromatic carbocycles. The first-order valence-corrected chi connectivity index (χ1v) is 7.15. The summed E-state index contributed by atoms with van der Waals surface area (Å²) in [6.07, 6.45) is 5.46. The molecule has 0 aliphatic heterocycles. The lowest BCUT2D eigenvalue weighted by Crippen LogP contribution is -1.95. The molecule has 1 aromatic rings. The molecule has 0 radical (unpaired) electrons. The predicted molar refractivity (Wildman–Crippen MR) is 67.7 cm³/mol. The van der Waals surface area contributed by atoms with E-state index in [9.17, 15) is 4.39 Å². The second kappa shape index (κ2) is 5.35. The number of hydrogen-bond acceptors (Lipinski definition) is 1. The van der Waals surface area contributed by atoms with Gasteiger partial charge in [-0.05, 0) is 30.5 Å². The van der Waals surface area contributed by atoms with E-state index in [1.165, 1.54) is 37.3 Å². The number of rotatable bonds is 3. The third-order valence-electron chi connectivity index (χ3n) is 2.79. The topological polar surface area (TPSA) is 0 Å². The average Bonchev–Trinajstić information content (AvgIpc) is 2.69. The summed E-state index contributed by atoms with van der Waals surface area (Å²) in [5.74, 6) is 0.822. The van der Waals surface area contributed by atoms with Gasteiger partial charge in [0.05, 0.1) is 0 Å². The lowest BCUT2D eigenvalue weighted by atomic mass is 10.2. The maximum Gasteiger partial charge on any atom is 0.124 e. The normalized spacial score (nSPS) is 17.2. The van der Waals surface area contributed by atoms with Gasteiger partial charge in [0.15, 0.2) is 0 Å². The zero-order valence-corrected chi connectivity index (χ0v) is 10.9. The smallest absolute Gasteiger partial charge is 0.124 e. The van der Waals surface area contributed by atoms with E-state index >= 15 is 0 Å². The van der Waals surface area contributed by atoms with Crippen LogP contribution in [0.2, 0.25) is 0 Å². The molecule has 0 N–H and O–H groups in total. The molecule has 15 heavy (non-hydrogen) atoms. The molecule has 2 rings (SSSR count). The summed E-state index contributed by atoms with van der Waals surface area (Å²) >= 11 is 5.41. The van der Waals surface area contributed by atoms with E-state index in [1.807, 2.05) is 17.8 Å². The fourth-order valence-corrected chi connectivity index (χ4v) is 3.91. The summed E-state index contributed by atoms with van der Waals surface area (Å²) in [6.45, 7) is 0. The zero-order chi connectivity index (χ0) is 10.7. The van der Waals surface area contributed by atoms with Gasteiger partial charge in [0.25, 0.3) is 0 Å². The molecular formula is C12H14BrFS. The second-order valence-electron chi connectivity index (χ2n) is 3.95. The maximum absolute atomic E-state index is 12.9. The molecule has 0 spiro atoms. The highest BCUT2D eigenvalue weighted by Crippen LogP contribution is 2.33. The Balaban J connectivity index is 1.92. The maximum atomic E-state index is 12.9. The summed E-state index contributed by atoms with van der Waals surface area (Å²) in [4.78, 5) is 0. The quantitative estimate of drug-likeness (QED) is 0.772. The molecule has 1 saturated carbocycles. The first-order chi connectivity index (χ1) is 7.25. The van der Waals surface area contributed by atoms with Crippen molar-refractivity contribution in [2.24, 2.45) is 0 Å². The highest BCUT2D eigenvalue weighted by molar-refractivity contribution is 9.10. The molecule has 0 atom stereocenters. The van der Waals surface area contributed by atoms with Crippen LogP contribution in [0.25, 0.3) is 0 Å². The van der Waals surface area contributed by atoms with Crippen LogP contribution in [0.15, 0.2) is 22.7 Å². The van der Waals surface area contributed by atoms with Crippen molar-refractivity contribution in [1.82, 2.24) is 0 Å². The van der Waals surface area contributed by atoms with Gasteiger partial charge in [0.1, 0.15) is 5.82 Å². The Morgan fingerprint density at radius 1 is 1.33 bits per heavy atom. The van der Waals surface area contributed by atoms with Crippen molar-refractivity contribution < 1.29 is 4.39 Å². The molecule has 0 heterocycles. The molecule has 0 amide bonds. The van der Waals surface area contributed by atoms with Crippen LogP contribution in [0.5, 0.6) is 0 Å². The SMILES string of the molecule is Fc1ccc(CSC2CCCC2)c(Br)c1.